The summed E-state index contributed by atoms with van der Waals surface area (Å²) in [6, 6.07) is 6.05. The molecule has 2 rings (SSSR count). The molecule has 0 radical (unpaired) electrons. The second-order valence-electron chi connectivity index (χ2n) is 11.0. The quantitative estimate of drug-likeness (QED) is 0.305. The molecule has 0 saturated heterocycles. The van der Waals surface area contributed by atoms with Crippen LogP contribution in [0.25, 0.3) is 10.9 Å². The Morgan fingerprint density at radius 3 is 2.35 bits per heavy atom. The van der Waals surface area contributed by atoms with Gasteiger partial charge >= 0.3 is 5.97 Å². The Kier molecular flexibility index (Phi) is 11.1. The molecule has 3 amide bonds. The van der Waals surface area contributed by atoms with Crippen LogP contribution in [0.2, 0.25) is 0 Å². The summed E-state index contributed by atoms with van der Waals surface area (Å²) in [7, 11) is 0. The van der Waals surface area contributed by atoms with Crippen molar-refractivity contribution in [1.29, 1.82) is 0 Å². The monoisotopic (exact) mass is 514 g/mol. The number of aromatic nitrogens is 1. The number of benzene rings is 1. The molecular formula is C28H42N4O5. The largest absolute Gasteiger partial charge is 0.466 e. The van der Waals surface area contributed by atoms with Gasteiger partial charge in [-0.2, -0.15) is 0 Å². The van der Waals surface area contributed by atoms with Gasteiger partial charge in [-0.1, -0.05) is 52.8 Å². The van der Waals surface area contributed by atoms with E-state index in [1.165, 1.54) is 0 Å². The molecule has 0 bridgehead atoms. The molecular weight excluding hydrogens is 472 g/mol. The molecule has 9 heteroatoms. The van der Waals surface area contributed by atoms with Crippen molar-refractivity contribution >= 4 is 34.6 Å². The summed E-state index contributed by atoms with van der Waals surface area (Å²) in [5.74, 6) is -1.29. The number of nitrogens with one attached hydrogen (secondary N) is 4. The Morgan fingerprint density at radius 1 is 1.00 bits per heavy atom. The SMILES string of the molecule is CCOC(=O)CCNC(=O)[C@@H](Cc1c[nH]c2ccccc12)NC(=O)[C@H](CC(C)C)NC(=O)CC(C)(C)C. The fourth-order valence-electron chi connectivity index (χ4n) is 4.08. The van der Waals surface area contributed by atoms with Crippen LogP contribution in [-0.2, 0) is 30.3 Å². The first-order valence-corrected chi connectivity index (χ1v) is 13.0. The molecule has 2 aromatic rings. The highest BCUT2D eigenvalue weighted by Crippen LogP contribution is 2.20. The van der Waals surface area contributed by atoms with Gasteiger partial charge in [0.15, 0.2) is 0 Å². The molecule has 9 nitrogen and oxygen atoms in total. The minimum Gasteiger partial charge on any atom is -0.466 e. The summed E-state index contributed by atoms with van der Waals surface area (Å²) in [5, 5.41) is 9.41. The van der Waals surface area contributed by atoms with Gasteiger partial charge in [0.25, 0.3) is 0 Å². The van der Waals surface area contributed by atoms with Crippen molar-refractivity contribution in [3.63, 3.8) is 0 Å². The summed E-state index contributed by atoms with van der Waals surface area (Å²) in [5.41, 5.74) is 1.58. The zero-order valence-corrected chi connectivity index (χ0v) is 22.9. The highest BCUT2D eigenvalue weighted by Gasteiger charge is 2.29. The van der Waals surface area contributed by atoms with E-state index in [2.05, 4.69) is 20.9 Å². The number of amides is 3. The second-order valence-corrected chi connectivity index (χ2v) is 11.0. The Hall–Kier alpha value is -3.36. The predicted octanol–water partition coefficient (Wildman–Crippen LogP) is 3.23. The molecule has 204 valence electrons. The number of rotatable bonds is 13. The number of hydrogen-bond donors (Lipinski definition) is 4. The highest BCUT2D eigenvalue weighted by molar-refractivity contribution is 5.93. The van der Waals surface area contributed by atoms with E-state index < -0.39 is 29.9 Å². The fourth-order valence-corrected chi connectivity index (χ4v) is 4.08. The molecule has 1 aromatic heterocycles. The minimum absolute atomic E-state index is 0.0339. The van der Waals surface area contributed by atoms with Crippen molar-refractivity contribution in [1.82, 2.24) is 20.9 Å². The van der Waals surface area contributed by atoms with Crippen LogP contribution in [0.15, 0.2) is 30.5 Å². The molecule has 1 aromatic carbocycles. The lowest BCUT2D eigenvalue weighted by Crippen LogP contribution is -2.55. The van der Waals surface area contributed by atoms with E-state index in [1.807, 2.05) is 65.1 Å². The van der Waals surface area contributed by atoms with Crippen molar-refractivity contribution < 1.29 is 23.9 Å². The first-order chi connectivity index (χ1) is 17.4. The normalized spacial score (nSPS) is 13.2. The number of para-hydroxylation sites is 1. The summed E-state index contributed by atoms with van der Waals surface area (Å²) < 4.78 is 4.92. The van der Waals surface area contributed by atoms with Crippen molar-refractivity contribution in [3.05, 3.63) is 36.0 Å². The molecule has 0 unspecified atom stereocenters. The van der Waals surface area contributed by atoms with Crippen LogP contribution in [-0.4, -0.2) is 53.9 Å². The Morgan fingerprint density at radius 2 is 1.70 bits per heavy atom. The molecule has 0 saturated carbocycles. The average molecular weight is 515 g/mol. The number of ether oxygens (including phenoxy) is 1. The molecule has 0 fully saturated rings. The van der Waals surface area contributed by atoms with Crippen LogP contribution in [0.1, 0.15) is 66.4 Å². The first kappa shape index (κ1) is 29.9. The lowest BCUT2D eigenvalue weighted by molar-refractivity contribution is -0.143. The van der Waals surface area contributed by atoms with Gasteiger partial charge in [-0.05, 0) is 36.3 Å². The molecule has 2 atom stereocenters. The summed E-state index contributed by atoms with van der Waals surface area (Å²) in [4.78, 5) is 54.0. The second kappa shape index (κ2) is 13.8. The minimum atomic E-state index is -0.900. The molecule has 0 spiro atoms. The van der Waals surface area contributed by atoms with Gasteiger partial charge in [0, 0.05) is 36.5 Å². The number of hydrogen-bond acceptors (Lipinski definition) is 5. The van der Waals surface area contributed by atoms with E-state index in [4.69, 9.17) is 4.74 Å². The Bertz CT molecular complexity index is 1070. The van der Waals surface area contributed by atoms with Gasteiger partial charge in [-0.15, -0.1) is 0 Å². The van der Waals surface area contributed by atoms with Crippen molar-refractivity contribution in [3.8, 4) is 0 Å². The molecule has 1 heterocycles. The summed E-state index contributed by atoms with van der Waals surface area (Å²) in [6.45, 7) is 11.9. The van der Waals surface area contributed by atoms with Crippen LogP contribution < -0.4 is 16.0 Å². The van der Waals surface area contributed by atoms with Gasteiger partial charge in [0.1, 0.15) is 12.1 Å². The summed E-state index contributed by atoms with van der Waals surface area (Å²) in [6.07, 6.45) is 2.82. The van der Waals surface area contributed by atoms with Crippen LogP contribution in [0, 0.1) is 11.3 Å². The number of esters is 1. The molecule has 4 N–H and O–H groups in total. The average Bonchev–Trinajstić information content (AvgIpc) is 3.19. The predicted molar refractivity (Wildman–Crippen MR) is 144 cm³/mol. The van der Waals surface area contributed by atoms with Gasteiger partial charge in [0.05, 0.1) is 13.0 Å². The van der Waals surface area contributed by atoms with Crippen LogP contribution in [0.5, 0.6) is 0 Å². The topological polar surface area (TPSA) is 129 Å². The van der Waals surface area contributed by atoms with Crippen LogP contribution in [0.4, 0.5) is 0 Å². The number of carbonyl (C=O) groups is 4. The number of carbonyl (C=O) groups excluding carboxylic acids is 4. The van der Waals surface area contributed by atoms with Gasteiger partial charge < -0.3 is 25.7 Å². The van der Waals surface area contributed by atoms with Crippen LogP contribution >= 0.6 is 0 Å². The van der Waals surface area contributed by atoms with E-state index >= 15 is 0 Å². The number of H-pyrrole nitrogens is 1. The van der Waals surface area contributed by atoms with Gasteiger partial charge in [0.2, 0.25) is 17.7 Å². The van der Waals surface area contributed by atoms with E-state index in [0.717, 1.165) is 16.5 Å². The van der Waals surface area contributed by atoms with Crippen LogP contribution in [0.3, 0.4) is 0 Å². The van der Waals surface area contributed by atoms with Gasteiger partial charge in [-0.25, -0.2) is 0 Å². The van der Waals surface area contributed by atoms with E-state index in [1.54, 1.807) is 6.92 Å². The maximum atomic E-state index is 13.4. The third-order valence-corrected chi connectivity index (χ3v) is 5.72. The van der Waals surface area contributed by atoms with E-state index in [0.29, 0.717) is 6.42 Å². The lowest BCUT2D eigenvalue weighted by Gasteiger charge is -2.25. The van der Waals surface area contributed by atoms with E-state index in [9.17, 15) is 19.2 Å². The zero-order valence-electron chi connectivity index (χ0n) is 22.9. The summed E-state index contributed by atoms with van der Waals surface area (Å²) >= 11 is 0. The third-order valence-electron chi connectivity index (χ3n) is 5.72. The van der Waals surface area contributed by atoms with E-state index in [-0.39, 0.29) is 49.7 Å². The lowest BCUT2D eigenvalue weighted by atomic mass is 9.91. The maximum Gasteiger partial charge on any atom is 0.307 e. The Balaban J connectivity index is 2.20. The van der Waals surface area contributed by atoms with Gasteiger partial charge in [-0.3, -0.25) is 19.2 Å². The molecule has 0 aliphatic carbocycles. The van der Waals surface area contributed by atoms with Crippen molar-refractivity contribution in [2.75, 3.05) is 13.2 Å². The first-order valence-electron chi connectivity index (χ1n) is 13.0. The molecule has 0 aliphatic rings. The van der Waals surface area contributed by atoms with Crippen molar-refractivity contribution in [2.24, 2.45) is 11.3 Å². The zero-order chi connectivity index (χ0) is 27.6. The highest BCUT2D eigenvalue weighted by atomic mass is 16.5. The smallest absolute Gasteiger partial charge is 0.307 e. The standard InChI is InChI=1S/C28H42N4O5/c1-7-37-25(34)12-13-29-26(35)23(15-19-17-30-21-11-9-8-10-20(19)21)32-27(36)22(14-18(2)3)31-24(33)16-28(4,5)6/h8-11,17-18,22-23,30H,7,12-16H2,1-6H3,(H,29,35)(H,31,33)(H,32,36)/t22-,23+/m0/s1. The molecule has 37 heavy (non-hydrogen) atoms. The fraction of sp³-hybridized carbons (Fsp3) is 0.571. The number of fused-ring (bicyclic) bond motifs is 1. The Labute approximate surface area is 219 Å². The third kappa shape index (κ3) is 10.3. The maximum absolute atomic E-state index is 13.4. The molecule has 0 aliphatic heterocycles. The van der Waals surface area contributed by atoms with Crippen molar-refractivity contribution in [2.45, 2.75) is 79.3 Å². The number of aromatic amines is 1.